The molecule has 1 saturated heterocycles. The Bertz CT molecular complexity index is 393. The Labute approximate surface area is 87.1 Å². The highest BCUT2D eigenvalue weighted by Gasteiger charge is 2.15. The number of nitrogens with zero attached hydrogens (tertiary/aromatic N) is 1. The molecule has 6 nitrogen and oxygen atoms in total. The van der Waals surface area contributed by atoms with Gasteiger partial charge >= 0.3 is 5.97 Å². The SMILES string of the molecule is O=C(O)/C=C\C(=O)N=S1(=O)CCOCC1. The van der Waals surface area contributed by atoms with Crippen molar-refractivity contribution < 1.29 is 23.6 Å². The summed E-state index contributed by atoms with van der Waals surface area (Å²) in [6.45, 7) is 0.635. The first-order chi connectivity index (χ1) is 7.02. The molecule has 1 rings (SSSR count). The van der Waals surface area contributed by atoms with Crippen molar-refractivity contribution in [3.63, 3.8) is 0 Å². The zero-order chi connectivity index (χ0) is 11.3. The molecule has 1 aliphatic rings. The van der Waals surface area contributed by atoms with E-state index in [4.69, 9.17) is 9.84 Å². The first-order valence-corrected chi connectivity index (χ1v) is 6.12. The van der Waals surface area contributed by atoms with Gasteiger partial charge in [-0.1, -0.05) is 0 Å². The van der Waals surface area contributed by atoms with Crippen LogP contribution >= 0.6 is 0 Å². The van der Waals surface area contributed by atoms with Gasteiger partial charge in [-0.15, -0.1) is 0 Å². The summed E-state index contributed by atoms with van der Waals surface area (Å²) in [5.74, 6) is -1.57. The molecule has 84 valence electrons. The van der Waals surface area contributed by atoms with E-state index in [-0.39, 0.29) is 11.5 Å². The van der Waals surface area contributed by atoms with Crippen LogP contribution in [0.4, 0.5) is 0 Å². The lowest BCUT2D eigenvalue weighted by atomic mass is 10.5. The van der Waals surface area contributed by atoms with E-state index in [0.717, 1.165) is 6.08 Å². The van der Waals surface area contributed by atoms with Gasteiger partial charge in [-0.25, -0.2) is 9.00 Å². The number of hydrogen-bond donors (Lipinski definition) is 1. The Morgan fingerprint density at radius 1 is 1.27 bits per heavy atom. The van der Waals surface area contributed by atoms with Crippen LogP contribution in [0.25, 0.3) is 0 Å². The first kappa shape index (κ1) is 11.9. The molecule has 0 unspecified atom stereocenters. The van der Waals surface area contributed by atoms with E-state index in [1.54, 1.807) is 0 Å². The van der Waals surface area contributed by atoms with E-state index >= 15 is 0 Å². The highest BCUT2D eigenvalue weighted by molar-refractivity contribution is 7.94. The highest BCUT2D eigenvalue weighted by Crippen LogP contribution is 2.04. The molecule has 0 saturated carbocycles. The van der Waals surface area contributed by atoms with Crippen LogP contribution in [0.5, 0.6) is 0 Å². The van der Waals surface area contributed by atoms with Crippen molar-refractivity contribution in [3.8, 4) is 0 Å². The number of aliphatic carboxylic acids is 1. The summed E-state index contributed by atoms with van der Waals surface area (Å²) >= 11 is 0. The summed E-state index contributed by atoms with van der Waals surface area (Å²) in [6.07, 6.45) is 1.47. The Morgan fingerprint density at radius 2 is 1.87 bits per heavy atom. The number of carbonyl (C=O) groups is 2. The predicted octanol–water partition coefficient (Wildman–Crippen LogP) is -0.348. The molecule has 1 amide bonds. The molecule has 7 heteroatoms. The fourth-order valence-electron chi connectivity index (χ4n) is 1.01. The van der Waals surface area contributed by atoms with Crippen molar-refractivity contribution in [2.24, 2.45) is 4.36 Å². The second kappa shape index (κ2) is 5.04. The van der Waals surface area contributed by atoms with Gasteiger partial charge in [0.05, 0.1) is 34.4 Å². The molecule has 1 aliphatic heterocycles. The van der Waals surface area contributed by atoms with E-state index in [0.29, 0.717) is 19.3 Å². The van der Waals surface area contributed by atoms with Crippen LogP contribution in [-0.2, 0) is 24.1 Å². The van der Waals surface area contributed by atoms with Crippen molar-refractivity contribution in [2.45, 2.75) is 0 Å². The minimum absolute atomic E-state index is 0.222. The van der Waals surface area contributed by atoms with Crippen LogP contribution in [0.2, 0.25) is 0 Å². The summed E-state index contributed by atoms with van der Waals surface area (Å²) in [7, 11) is -2.53. The van der Waals surface area contributed by atoms with Gasteiger partial charge in [0.1, 0.15) is 0 Å². The fraction of sp³-hybridized carbons (Fsp3) is 0.500. The molecule has 0 atom stereocenters. The molecule has 15 heavy (non-hydrogen) atoms. The second-order valence-electron chi connectivity index (χ2n) is 2.89. The molecular weight excluding hydrogens is 222 g/mol. The Balaban J connectivity index is 2.73. The highest BCUT2D eigenvalue weighted by atomic mass is 32.2. The topological polar surface area (TPSA) is 93.0 Å². The average molecular weight is 233 g/mol. The van der Waals surface area contributed by atoms with Crippen molar-refractivity contribution >= 4 is 21.6 Å². The van der Waals surface area contributed by atoms with Crippen molar-refractivity contribution in [3.05, 3.63) is 12.2 Å². The lowest BCUT2D eigenvalue weighted by molar-refractivity contribution is -0.131. The normalized spacial score (nSPS) is 20.0. The molecule has 0 aliphatic carbocycles. The van der Waals surface area contributed by atoms with Crippen molar-refractivity contribution in [1.29, 1.82) is 0 Å². The van der Waals surface area contributed by atoms with Gasteiger partial charge in [-0.05, 0) is 0 Å². The molecule has 1 N–H and O–H groups in total. The average Bonchev–Trinajstić information content (AvgIpc) is 2.15. The molecule has 0 bridgehead atoms. The molecule has 1 fully saturated rings. The Kier molecular flexibility index (Phi) is 3.98. The molecule has 0 spiro atoms. The quantitative estimate of drug-likeness (QED) is 0.658. The summed E-state index contributed by atoms with van der Waals surface area (Å²) in [5, 5.41) is 8.26. The van der Waals surface area contributed by atoms with E-state index in [9.17, 15) is 13.8 Å². The molecule has 0 aromatic carbocycles. The predicted molar refractivity (Wildman–Crippen MR) is 52.9 cm³/mol. The Morgan fingerprint density at radius 3 is 2.40 bits per heavy atom. The third kappa shape index (κ3) is 4.22. The number of amides is 1. The monoisotopic (exact) mass is 233 g/mol. The van der Waals surface area contributed by atoms with Gasteiger partial charge in [-0.3, -0.25) is 4.79 Å². The molecule has 1 heterocycles. The van der Waals surface area contributed by atoms with E-state index < -0.39 is 21.6 Å². The van der Waals surface area contributed by atoms with E-state index in [2.05, 4.69) is 4.36 Å². The first-order valence-electron chi connectivity index (χ1n) is 4.27. The van der Waals surface area contributed by atoms with Crippen LogP contribution in [-0.4, -0.2) is 45.9 Å². The third-order valence-corrected chi connectivity index (χ3v) is 3.84. The molecule has 0 radical (unpaired) electrons. The minimum atomic E-state index is -2.53. The number of carboxylic acid groups (broad SMARTS) is 1. The fourth-order valence-corrected chi connectivity index (χ4v) is 2.54. The van der Waals surface area contributed by atoms with Crippen molar-refractivity contribution in [2.75, 3.05) is 24.7 Å². The van der Waals surface area contributed by atoms with Gasteiger partial charge in [0.2, 0.25) is 0 Å². The summed E-state index contributed by atoms with van der Waals surface area (Å²) in [4.78, 5) is 21.2. The largest absolute Gasteiger partial charge is 0.478 e. The second-order valence-corrected chi connectivity index (χ2v) is 5.44. The number of carboxylic acids is 1. The summed E-state index contributed by atoms with van der Waals surface area (Å²) in [5.41, 5.74) is 0. The Hall–Kier alpha value is -1.21. The third-order valence-electron chi connectivity index (χ3n) is 1.72. The summed E-state index contributed by atoms with van der Waals surface area (Å²) in [6, 6.07) is 0. The maximum atomic E-state index is 11.8. The molecular formula is C8H11NO5S. The van der Waals surface area contributed by atoms with Gasteiger partial charge < -0.3 is 9.84 Å². The van der Waals surface area contributed by atoms with E-state index in [1.807, 2.05) is 0 Å². The molecule has 0 aromatic rings. The van der Waals surface area contributed by atoms with E-state index in [1.165, 1.54) is 0 Å². The maximum Gasteiger partial charge on any atom is 0.328 e. The number of carbonyl (C=O) groups excluding carboxylic acids is 1. The van der Waals surface area contributed by atoms with Crippen molar-refractivity contribution in [1.82, 2.24) is 0 Å². The standard InChI is InChI=1S/C8H11NO5S/c10-7(1-2-8(11)12)9-15(13)5-3-14-4-6-15/h1-2H,3-6H2,(H,11,12)/b2-1-. The van der Waals surface area contributed by atoms with Crippen LogP contribution in [0.1, 0.15) is 0 Å². The zero-order valence-electron chi connectivity index (χ0n) is 7.92. The van der Waals surface area contributed by atoms with Crippen LogP contribution in [0.3, 0.4) is 0 Å². The zero-order valence-corrected chi connectivity index (χ0v) is 8.74. The lowest BCUT2D eigenvalue weighted by Crippen LogP contribution is -2.26. The van der Waals surface area contributed by atoms with Gasteiger partial charge in [0.25, 0.3) is 5.91 Å². The minimum Gasteiger partial charge on any atom is -0.478 e. The van der Waals surface area contributed by atoms with Gasteiger partial charge in [0, 0.05) is 12.2 Å². The van der Waals surface area contributed by atoms with Crippen LogP contribution in [0, 0.1) is 0 Å². The van der Waals surface area contributed by atoms with Crippen LogP contribution < -0.4 is 0 Å². The molecule has 0 aromatic heterocycles. The number of rotatable bonds is 2. The van der Waals surface area contributed by atoms with Gasteiger partial charge in [0.15, 0.2) is 0 Å². The van der Waals surface area contributed by atoms with Gasteiger partial charge in [-0.2, -0.15) is 4.36 Å². The number of ether oxygens (including phenoxy) is 1. The van der Waals surface area contributed by atoms with Crippen LogP contribution in [0.15, 0.2) is 16.5 Å². The smallest absolute Gasteiger partial charge is 0.328 e. The summed E-state index contributed by atoms with van der Waals surface area (Å²) < 4.78 is 20.3. The maximum absolute atomic E-state index is 11.8. The lowest BCUT2D eigenvalue weighted by Gasteiger charge is -2.14. The number of hydrogen-bond acceptors (Lipinski definition) is 4.